The second-order valence-electron chi connectivity index (χ2n) is 7.77. The van der Waals surface area contributed by atoms with Crippen LogP contribution >= 0.6 is 0 Å². The Morgan fingerprint density at radius 1 is 0.933 bits per heavy atom. The lowest BCUT2D eigenvalue weighted by Gasteiger charge is -2.19. The third-order valence-electron chi connectivity index (χ3n) is 5.53. The van der Waals surface area contributed by atoms with Crippen molar-refractivity contribution in [2.24, 2.45) is 0 Å². The Bertz CT molecular complexity index is 1040. The summed E-state index contributed by atoms with van der Waals surface area (Å²) in [4.78, 5) is 4.17. The zero-order valence-electron chi connectivity index (χ0n) is 17.3. The standard InChI is InChI=1S/C26H29N3O/c27-24-13-10-21(11-14-24)5-4-18-30-25(19-29-17-16-28-20-29)15-12-23-8-3-7-22-6-1-2-9-26(22)23/h1-3,6-11,13-14,16-17,20,25H,4-5,12,15,18-19,27H2. The van der Waals surface area contributed by atoms with Crippen LogP contribution in [0.25, 0.3) is 10.8 Å². The maximum absolute atomic E-state index is 6.32. The van der Waals surface area contributed by atoms with Gasteiger partial charge in [-0.2, -0.15) is 0 Å². The molecule has 0 saturated carbocycles. The van der Waals surface area contributed by atoms with Gasteiger partial charge in [-0.15, -0.1) is 0 Å². The number of nitrogens with two attached hydrogens (primary N) is 1. The van der Waals surface area contributed by atoms with Crippen LogP contribution in [0.2, 0.25) is 0 Å². The van der Waals surface area contributed by atoms with Gasteiger partial charge < -0.3 is 15.0 Å². The van der Waals surface area contributed by atoms with E-state index in [-0.39, 0.29) is 6.10 Å². The highest BCUT2D eigenvalue weighted by atomic mass is 16.5. The molecule has 2 N–H and O–H groups in total. The Morgan fingerprint density at radius 3 is 2.60 bits per heavy atom. The molecular weight excluding hydrogens is 370 g/mol. The number of ether oxygens (including phenoxy) is 1. The van der Waals surface area contributed by atoms with E-state index in [9.17, 15) is 0 Å². The van der Waals surface area contributed by atoms with Gasteiger partial charge in [0.15, 0.2) is 0 Å². The SMILES string of the molecule is Nc1ccc(CCCOC(CCc2cccc3ccccc23)Cn2ccnc2)cc1. The Morgan fingerprint density at radius 2 is 1.77 bits per heavy atom. The van der Waals surface area contributed by atoms with Crippen LogP contribution in [0.1, 0.15) is 24.0 Å². The summed E-state index contributed by atoms with van der Waals surface area (Å²) in [6, 6.07) is 23.3. The lowest BCUT2D eigenvalue weighted by Crippen LogP contribution is -2.21. The molecule has 4 rings (SSSR count). The smallest absolute Gasteiger partial charge is 0.0946 e. The van der Waals surface area contributed by atoms with Gasteiger partial charge in [-0.3, -0.25) is 0 Å². The number of rotatable bonds is 10. The molecule has 30 heavy (non-hydrogen) atoms. The molecular formula is C26H29N3O. The van der Waals surface area contributed by atoms with Gasteiger partial charge >= 0.3 is 0 Å². The first-order chi connectivity index (χ1) is 14.8. The first-order valence-corrected chi connectivity index (χ1v) is 10.7. The fourth-order valence-electron chi connectivity index (χ4n) is 3.89. The van der Waals surface area contributed by atoms with Gasteiger partial charge in [0.05, 0.1) is 12.4 Å². The Balaban J connectivity index is 1.35. The molecule has 1 heterocycles. The summed E-state index contributed by atoms with van der Waals surface area (Å²) in [5, 5.41) is 2.63. The highest BCUT2D eigenvalue weighted by Crippen LogP contribution is 2.21. The van der Waals surface area contributed by atoms with Crippen molar-refractivity contribution in [3.05, 3.63) is 96.6 Å². The summed E-state index contributed by atoms with van der Waals surface area (Å²) in [6.45, 7) is 1.58. The number of benzene rings is 3. The minimum Gasteiger partial charge on any atom is -0.399 e. The van der Waals surface area contributed by atoms with Crippen molar-refractivity contribution < 1.29 is 4.74 Å². The van der Waals surface area contributed by atoms with Gasteiger partial charge in [0.25, 0.3) is 0 Å². The number of hydrogen-bond donors (Lipinski definition) is 1. The van der Waals surface area contributed by atoms with E-state index >= 15 is 0 Å². The number of nitrogen functional groups attached to an aromatic ring is 1. The predicted molar refractivity (Wildman–Crippen MR) is 123 cm³/mol. The highest BCUT2D eigenvalue weighted by molar-refractivity contribution is 5.85. The third kappa shape index (κ3) is 5.49. The normalized spacial score (nSPS) is 12.3. The lowest BCUT2D eigenvalue weighted by atomic mass is 9.99. The fraction of sp³-hybridized carbons (Fsp3) is 0.269. The van der Waals surface area contributed by atoms with Gasteiger partial charge in [0, 0.05) is 31.2 Å². The van der Waals surface area contributed by atoms with Crippen molar-refractivity contribution >= 4 is 16.5 Å². The van der Waals surface area contributed by atoms with Crippen molar-refractivity contribution in [3.8, 4) is 0 Å². The maximum atomic E-state index is 6.32. The number of imidazole rings is 1. The summed E-state index contributed by atoms with van der Waals surface area (Å²) >= 11 is 0. The summed E-state index contributed by atoms with van der Waals surface area (Å²) in [7, 11) is 0. The highest BCUT2D eigenvalue weighted by Gasteiger charge is 2.12. The Hall–Kier alpha value is -3.11. The van der Waals surface area contributed by atoms with Crippen LogP contribution in [0.15, 0.2) is 85.5 Å². The molecule has 4 heteroatoms. The van der Waals surface area contributed by atoms with Crippen molar-refractivity contribution in [2.75, 3.05) is 12.3 Å². The van der Waals surface area contributed by atoms with Gasteiger partial charge in [0.1, 0.15) is 0 Å². The molecule has 0 bridgehead atoms. The Kier molecular flexibility index (Phi) is 6.78. The van der Waals surface area contributed by atoms with Crippen LogP contribution in [0.5, 0.6) is 0 Å². The van der Waals surface area contributed by atoms with E-state index in [1.165, 1.54) is 21.9 Å². The van der Waals surface area contributed by atoms with E-state index in [1.54, 1.807) is 0 Å². The van der Waals surface area contributed by atoms with Crippen LogP contribution < -0.4 is 5.73 Å². The summed E-state index contributed by atoms with van der Waals surface area (Å²) in [6.07, 6.45) is 9.82. The third-order valence-corrected chi connectivity index (χ3v) is 5.53. The zero-order chi connectivity index (χ0) is 20.6. The molecule has 0 spiro atoms. The number of anilines is 1. The quantitative estimate of drug-likeness (QED) is 0.292. The molecule has 0 fully saturated rings. The number of aryl methyl sites for hydroxylation is 2. The monoisotopic (exact) mass is 399 g/mol. The number of hydrogen-bond acceptors (Lipinski definition) is 3. The largest absolute Gasteiger partial charge is 0.399 e. The van der Waals surface area contributed by atoms with Gasteiger partial charge in [-0.05, 0) is 59.7 Å². The first-order valence-electron chi connectivity index (χ1n) is 10.7. The zero-order valence-corrected chi connectivity index (χ0v) is 17.3. The molecule has 0 amide bonds. The van der Waals surface area contributed by atoms with Crippen molar-refractivity contribution in [1.82, 2.24) is 9.55 Å². The molecule has 3 aromatic carbocycles. The molecule has 0 aliphatic rings. The number of nitrogens with zero attached hydrogens (tertiary/aromatic N) is 2. The van der Waals surface area contributed by atoms with Crippen molar-refractivity contribution in [2.45, 2.75) is 38.3 Å². The molecule has 0 radical (unpaired) electrons. The molecule has 1 aromatic heterocycles. The van der Waals surface area contributed by atoms with Crippen molar-refractivity contribution in [3.63, 3.8) is 0 Å². The topological polar surface area (TPSA) is 53.1 Å². The van der Waals surface area contributed by atoms with E-state index < -0.39 is 0 Å². The average molecular weight is 400 g/mol. The van der Waals surface area contributed by atoms with Crippen LogP contribution in [0.4, 0.5) is 5.69 Å². The van der Waals surface area contributed by atoms with E-state index in [4.69, 9.17) is 10.5 Å². The molecule has 4 aromatic rings. The number of fused-ring (bicyclic) bond motifs is 1. The van der Waals surface area contributed by atoms with Crippen LogP contribution in [0, 0.1) is 0 Å². The fourth-order valence-corrected chi connectivity index (χ4v) is 3.89. The van der Waals surface area contributed by atoms with Crippen LogP contribution in [0.3, 0.4) is 0 Å². The second kappa shape index (κ2) is 10.1. The Labute approximate surface area is 178 Å². The van der Waals surface area contributed by atoms with Gasteiger partial charge in [-0.1, -0.05) is 54.6 Å². The van der Waals surface area contributed by atoms with E-state index in [0.29, 0.717) is 0 Å². The minimum absolute atomic E-state index is 0.157. The number of aromatic nitrogens is 2. The van der Waals surface area contributed by atoms with Gasteiger partial charge in [-0.25, -0.2) is 4.98 Å². The van der Waals surface area contributed by atoms with Crippen LogP contribution in [-0.4, -0.2) is 22.3 Å². The van der Waals surface area contributed by atoms with E-state index in [0.717, 1.165) is 44.5 Å². The predicted octanol–water partition coefficient (Wildman–Crippen LogP) is 5.27. The molecule has 0 aliphatic heterocycles. The second-order valence-corrected chi connectivity index (χ2v) is 7.77. The first kappa shape index (κ1) is 20.2. The summed E-state index contributed by atoms with van der Waals surface area (Å²) in [5.74, 6) is 0. The lowest BCUT2D eigenvalue weighted by molar-refractivity contribution is 0.0347. The molecule has 154 valence electrons. The van der Waals surface area contributed by atoms with E-state index in [1.807, 2.05) is 30.9 Å². The summed E-state index contributed by atoms with van der Waals surface area (Å²) in [5.41, 5.74) is 9.26. The van der Waals surface area contributed by atoms with Gasteiger partial charge in [0.2, 0.25) is 0 Å². The molecule has 1 atom stereocenters. The minimum atomic E-state index is 0.157. The van der Waals surface area contributed by atoms with Crippen LogP contribution in [-0.2, 0) is 24.1 Å². The maximum Gasteiger partial charge on any atom is 0.0946 e. The molecule has 0 saturated heterocycles. The molecule has 4 nitrogen and oxygen atoms in total. The van der Waals surface area contributed by atoms with E-state index in [2.05, 4.69) is 64.1 Å². The van der Waals surface area contributed by atoms with Crippen molar-refractivity contribution in [1.29, 1.82) is 0 Å². The molecule has 1 unspecified atom stereocenters. The average Bonchev–Trinajstić information content (AvgIpc) is 3.29. The summed E-state index contributed by atoms with van der Waals surface area (Å²) < 4.78 is 8.43. The molecule has 0 aliphatic carbocycles.